The lowest BCUT2D eigenvalue weighted by atomic mass is 10.2. The minimum absolute atomic E-state index is 0.331. The fourth-order valence-corrected chi connectivity index (χ4v) is 0.581. The molecular formula is C13H16O4. The Balaban J connectivity index is 0. The zero-order valence-corrected chi connectivity index (χ0v) is 9.67. The monoisotopic (exact) mass is 236 g/mol. The number of allylic oxidation sites excluding steroid dienone is 1. The molecule has 0 unspecified atom stereocenters. The molecule has 0 atom stereocenters. The maximum atomic E-state index is 10.2. The largest absolute Gasteiger partial charge is 0.478 e. The second kappa shape index (κ2) is 11.7. The smallest absolute Gasteiger partial charge is 0.335 e. The SMILES string of the molecule is C=CC.C=CC(=O)O.O=C(O)c1ccccc1. The highest BCUT2D eigenvalue weighted by atomic mass is 16.4. The van der Waals surface area contributed by atoms with Gasteiger partial charge in [0, 0.05) is 6.08 Å². The zero-order valence-electron chi connectivity index (χ0n) is 9.67. The summed E-state index contributed by atoms with van der Waals surface area (Å²) in [6.45, 7) is 8.21. The maximum Gasteiger partial charge on any atom is 0.335 e. The standard InChI is InChI=1S/C7H6O2.C3H4O2.C3H6/c8-7(9)6-4-2-1-3-5-6;1-2-3(4)5;1-3-2/h1-5H,(H,8,9);2H,1H2,(H,4,5);3H,1H2,2H3. The van der Waals surface area contributed by atoms with Gasteiger partial charge in [0.1, 0.15) is 0 Å². The first-order valence-electron chi connectivity index (χ1n) is 4.70. The zero-order chi connectivity index (χ0) is 13.7. The number of carboxylic acid groups (broad SMARTS) is 2. The van der Waals surface area contributed by atoms with Crippen LogP contribution in [0.5, 0.6) is 0 Å². The van der Waals surface area contributed by atoms with Crippen LogP contribution < -0.4 is 0 Å². The first-order valence-corrected chi connectivity index (χ1v) is 4.70. The quantitative estimate of drug-likeness (QED) is 0.611. The maximum absolute atomic E-state index is 10.2. The molecule has 0 fully saturated rings. The summed E-state index contributed by atoms with van der Waals surface area (Å²) in [7, 11) is 0. The van der Waals surface area contributed by atoms with Crippen LogP contribution in [0.25, 0.3) is 0 Å². The third kappa shape index (κ3) is 13.6. The summed E-state index contributed by atoms with van der Waals surface area (Å²) in [6.07, 6.45) is 2.58. The second-order valence-corrected chi connectivity index (χ2v) is 2.62. The summed E-state index contributed by atoms with van der Waals surface area (Å²) < 4.78 is 0. The highest BCUT2D eigenvalue weighted by Gasteiger charge is 1.96. The Morgan fingerprint density at radius 3 is 1.65 bits per heavy atom. The molecule has 0 amide bonds. The van der Waals surface area contributed by atoms with E-state index in [4.69, 9.17) is 10.2 Å². The molecule has 2 N–H and O–H groups in total. The minimum Gasteiger partial charge on any atom is -0.478 e. The lowest BCUT2D eigenvalue weighted by Gasteiger charge is -1.88. The van der Waals surface area contributed by atoms with Crippen molar-refractivity contribution in [2.75, 3.05) is 0 Å². The molecule has 0 aromatic heterocycles. The minimum atomic E-state index is -0.981. The van der Waals surface area contributed by atoms with Crippen molar-refractivity contribution in [3.05, 3.63) is 61.2 Å². The average Bonchev–Trinajstić information content (AvgIpc) is 2.32. The van der Waals surface area contributed by atoms with Gasteiger partial charge in [0.05, 0.1) is 5.56 Å². The molecule has 0 radical (unpaired) electrons. The van der Waals surface area contributed by atoms with Crippen molar-refractivity contribution in [1.29, 1.82) is 0 Å². The summed E-state index contributed by atoms with van der Waals surface area (Å²) in [4.78, 5) is 19.5. The molecule has 92 valence electrons. The number of hydrogen-bond acceptors (Lipinski definition) is 2. The van der Waals surface area contributed by atoms with E-state index in [0.29, 0.717) is 5.56 Å². The van der Waals surface area contributed by atoms with Gasteiger partial charge in [-0.25, -0.2) is 9.59 Å². The van der Waals surface area contributed by atoms with Crippen LogP contribution in [0, 0.1) is 0 Å². The molecule has 0 saturated carbocycles. The molecule has 17 heavy (non-hydrogen) atoms. The Hall–Kier alpha value is -2.36. The van der Waals surface area contributed by atoms with Crippen LogP contribution in [-0.2, 0) is 4.79 Å². The normalized spacial score (nSPS) is 7.35. The fraction of sp³-hybridized carbons (Fsp3) is 0.0769. The molecule has 1 aromatic rings. The van der Waals surface area contributed by atoms with Crippen molar-refractivity contribution in [2.45, 2.75) is 6.92 Å². The van der Waals surface area contributed by atoms with Crippen LogP contribution in [0.15, 0.2) is 55.6 Å². The van der Waals surface area contributed by atoms with Crippen molar-refractivity contribution in [2.24, 2.45) is 0 Å². The number of carboxylic acids is 2. The summed E-state index contributed by atoms with van der Waals surface area (Å²) in [5, 5.41) is 16.0. The van der Waals surface area contributed by atoms with Crippen molar-refractivity contribution in [1.82, 2.24) is 0 Å². The third-order valence-corrected chi connectivity index (χ3v) is 1.20. The van der Waals surface area contributed by atoms with Crippen LogP contribution in [0.3, 0.4) is 0 Å². The van der Waals surface area contributed by atoms with Crippen LogP contribution >= 0.6 is 0 Å². The number of aliphatic carboxylic acids is 1. The van der Waals surface area contributed by atoms with E-state index in [1.165, 1.54) is 0 Å². The predicted octanol–water partition coefficient (Wildman–Crippen LogP) is 2.83. The van der Waals surface area contributed by atoms with E-state index in [0.717, 1.165) is 6.08 Å². The third-order valence-electron chi connectivity index (χ3n) is 1.20. The number of hydrogen-bond donors (Lipinski definition) is 2. The van der Waals surface area contributed by atoms with Gasteiger partial charge in [-0.05, 0) is 19.1 Å². The van der Waals surface area contributed by atoms with Crippen LogP contribution in [0.4, 0.5) is 0 Å². The van der Waals surface area contributed by atoms with Crippen LogP contribution in [0.2, 0.25) is 0 Å². The Kier molecular flexibility index (Phi) is 11.7. The van der Waals surface area contributed by atoms with Gasteiger partial charge in [-0.1, -0.05) is 30.9 Å². The highest BCUT2D eigenvalue weighted by molar-refractivity contribution is 5.87. The summed E-state index contributed by atoms with van der Waals surface area (Å²) in [6, 6.07) is 8.30. The fourth-order valence-electron chi connectivity index (χ4n) is 0.581. The summed E-state index contributed by atoms with van der Waals surface area (Å²) >= 11 is 0. The molecule has 0 aliphatic rings. The number of aromatic carboxylic acids is 1. The topological polar surface area (TPSA) is 74.6 Å². The van der Waals surface area contributed by atoms with Gasteiger partial charge < -0.3 is 10.2 Å². The van der Waals surface area contributed by atoms with E-state index in [-0.39, 0.29) is 0 Å². The summed E-state index contributed by atoms with van der Waals surface area (Å²) in [5.41, 5.74) is 0.331. The molecule has 4 nitrogen and oxygen atoms in total. The Morgan fingerprint density at radius 1 is 1.12 bits per heavy atom. The first-order chi connectivity index (χ1) is 7.99. The van der Waals surface area contributed by atoms with Crippen LogP contribution in [-0.4, -0.2) is 22.2 Å². The van der Waals surface area contributed by atoms with Gasteiger partial charge in [-0.15, -0.1) is 6.58 Å². The van der Waals surface area contributed by atoms with Gasteiger partial charge in [0.25, 0.3) is 0 Å². The first kappa shape index (κ1) is 17.0. The molecule has 1 aromatic carbocycles. The molecule has 4 heteroatoms. The predicted molar refractivity (Wildman–Crippen MR) is 67.1 cm³/mol. The highest BCUT2D eigenvalue weighted by Crippen LogP contribution is 1.96. The molecular weight excluding hydrogens is 220 g/mol. The van der Waals surface area contributed by atoms with Gasteiger partial charge in [0.2, 0.25) is 0 Å². The van der Waals surface area contributed by atoms with E-state index in [1.54, 1.807) is 36.4 Å². The van der Waals surface area contributed by atoms with Gasteiger partial charge in [0.15, 0.2) is 0 Å². The lowest BCUT2D eigenvalue weighted by molar-refractivity contribution is -0.131. The second-order valence-electron chi connectivity index (χ2n) is 2.62. The Morgan fingerprint density at radius 2 is 1.47 bits per heavy atom. The van der Waals surface area contributed by atoms with E-state index in [9.17, 15) is 9.59 Å². The molecule has 0 heterocycles. The molecule has 0 spiro atoms. The van der Waals surface area contributed by atoms with Crippen LogP contribution in [0.1, 0.15) is 17.3 Å². The number of benzene rings is 1. The van der Waals surface area contributed by atoms with E-state index < -0.39 is 11.9 Å². The average molecular weight is 236 g/mol. The van der Waals surface area contributed by atoms with E-state index in [2.05, 4.69) is 13.2 Å². The van der Waals surface area contributed by atoms with Gasteiger partial charge >= 0.3 is 11.9 Å². The number of carbonyl (C=O) groups is 2. The van der Waals surface area contributed by atoms with Gasteiger partial charge in [-0.3, -0.25) is 0 Å². The van der Waals surface area contributed by atoms with E-state index >= 15 is 0 Å². The van der Waals surface area contributed by atoms with Gasteiger partial charge in [-0.2, -0.15) is 0 Å². The molecule has 0 saturated heterocycles. The molecule has 0 aliphatic heterocycles. The number of rotatable bonds is 2. The lowest BCUT2D eigenvalue weighted by Crippen LogP contribution is -1.93. The van der Waals surface area contributed by atoms with Crippen molar-refractivity contribution >= 4 is 11.9 Å². The summed E-state index contributed by atoms with van der Waals surface area (Å²) in [5.74, 6) is -1.86. The van der Waals surface area contributed by atoms with Crippen molar-refractivity contribution in [3.8, 4) is 0 Å². The van der Waals surface area contributed by atoms with E-state index in [1.807, 2.05) is 6.92 Å². The Labute approximate surface area is 101 Å². The van der Waals surface area contributed by atoms with Crippen molar-refractivity contribution in [3.63, 3.8) is 0 Å². The Bertz CT molecular complexity index is 355. The van der Waals surface area contributed by atoms with Crippen molar-refractivity contribution < 1.29 is 19.8 Å². The molecule has 0 aliphatic carbocycles. The molecule has 0 bridgehead atoms. The molecule has 1 rings (SSSR count).